The van der Waals surface area contributed by atoms with E-state index in [0.717, 1.165) is 5.82 Å². The number of para-hydroxylation sites is 1. The lowest BCUT2D eigenvalue weighted by molar-refractivity contribution is 0.262. The fourth-order valence-corrected chi connectivity index (χ4v) is 2.69. The van der Waals surface area contributed by atoms with Gasteiger partial charge in [0, 0.05) is 24.1 Å². The van der Waals surface area contributed by atoms with Gasteiger partial charge in [-0.3, -0.25) is 4.57 Å². The molecule has 8 nitrogen and oxygen atoms in total. The molecular formula is C21H17FN6O2. The van der Waals surface area contributed by atoms with Gasteiger partial charge >= 0.3 is 6.03 Å². The number of ether oxygens (including phenoxy) is 1. The van der Waals surface area contributed by atoms with Crippen LogP contribution >= 0.6 is 0 Å². The molecule has 0 aliphatic heterocycles. The van der Waals surface area contributed by atoms with Crippen LogP contribution in [0.2, 0.25) is 0 Å². The monoisotopic (exact) mass is 404 g/mol. The number of hydrogen-bond donors (Lipinski definition) is 2. The van der Waals surface area contributed by atoms with Crippen molar-refractivity contribution in [2.75, 3.05) is 10.6 Å². The zero-order valence-electron chi connectivity index (χ0n) is 15.9. The predicted molar refractivity (Wildman–Crippen MR) is 109 cm³/mol. The normalized spacial score (nSPS) is 10.5. The fourth-order valence-electron chi connectivity index (χ4n) is 2.69. The van der Waals surface area contributed by atoms with Gasteiger partial charge in [0.1, 0.15) is 17.4 Å². The van der Waals surface area contributed by atoms with Crippen molar-refractivity contribution < 1.29 is 13.9 Å². The highest BCUT2D eigenvalue weighted by Crippen LogP contribution is 2.22. The maximum absolute atomic E-state index is 13.6. The van der Waals surface area contributed by atoms with E-state index in [4.69, 9.17) is 4.74 Å². The van der Waals surface area contributed by atoms with Gasteiger partial charge in [0.05, 0.1) is 5.69 Å². The number of benzene rings is 2. The van der Waals surface area contributed by atoms with Crippen molar-refractivity contribution in [2.24, 2.45) is 0 Å². The molecule has 0 radical (unpaired) electrons. The number of urea groups is 1. The number of rotatable bonds is 5. The Balaban J connectivity index is 1.36. The highest BCUT2D eigenvalue weighted by atomic mass is 19.1. The van der Waals surface area contributed by atoms with E-state index in [-0.39, 0.29) is 5.69 Å². The molecule has 0 aliphatic carbocycles. The Morgan fingerprint density at radius 1 is 1.00 bits per heavy atom. The van der Waals surface area contributed by atoms with E-state index in [1.807, 2.05) is 11.5 Å². The number of carbonyl (C=O) groups excluding carboxylic acids is 1. The van der Waals surface area contributed by atoms with Crippen LogP contribution in [0, 0.1) is 12.7 Å². The quantitative estimate of drug-likeness (QED) is 0.509. The predicted octanol–water partition coefficient (Wildman–Crippen LogP) is 4.55. The molecule has 0 atom stereocenters. The smallest absolute Gasteiger partial charge is 0.323 e. The lowest BCUT2D eigenvalue weighted by Gasteiger charge is -2.09. The number of halogens is 1. The van der Waals surface area contributed by atoms with E-state index >= 15 is 0 Å². The van der Waals surface area contributed by atoms with E-state index in [1.54, 1.807) is 60.9 Å². The summed E-state index contributed by atoms with van der Waals surface area (Å²) in [5.74, 6) is 1.79. The summed E-state index contributed by atoms with van der Waals surface area (Å²) in [6.45, 7) is 1.87. The first-order valence-corrected chi connectivity index (χ1v) is 9.03. The summed E-state index contributed by atoms with van der Waals surface area (Å²) in [5.41, 5.74) is 0.621. The van der Waals surface area contributed by atoms with Crippen LogP contribution in [-0.4, -0.2) is 25.8 Å². The number of nitrogens with one attached hydrogen (secondary N) is 2. The Morgan fingerprint density at radius 2 is 1.80 bits per heavy atom. The van der Waals surface area contributed by atoms with Gasteiger partial charge in [-0.25, -0.2) is 14.2 Å². The Hall–Kier alpha value is -4.27. The second kappa shape index (κ2) is 8.39. The van der Waals surface area contributed by atoms with Gasteiger partial charge in [0.25, 0.3) is 0 Å². The number of amides is 2. The third-order valence-corrected chi connectivity index (χ3v) is 4.16. The van der Waals surface area contributed by atoms with Crippen LogP contribution in [-0.2, 0) is 0 Å². The van der Waals surface area contributed by atoms with Crippen molar-refractivity contribution in [3.8, 4) is 17.4 Å². The minimum Gasteiger partial charge on any atom is -0.438 e. The maximum atomic E-state index is 13.6. The molecule has 4 rings (SSSR count). The molecule has 0 bridgehead atoms. The largest absolute Gasteiger partial charge is 0.438 e. The molecule has 2 aromatic carbocycles. The molecular weight excluding hydrogens is 387 g/mol. The third kappa shape index (κ3) is 4.41. The minimum atomic E-state index is -0.551. The summed E-state index contributed by atoms with van der Waals surface area (Å²) in [5, 5.41) is 13.3. The number of hydrogen-bond acceptors (Lipinski definition) is 5. The lowest BCUT2D eigenvalue weighted by Crippen LogP contribution is -2.20. The van der Waals surface area contributed by atoms with Crippen molar-refractivity contribution in [1.82, 2.24) is 19.7 Å². The second-order valence-electron chi connectivity index (χ2n) is 6.26. The van der Waals surface area contributed by atoms with Gasteiger partial charge in [-0.15, -0.1) is 10.2 Å². The SMILES string of the molecule is Cc1nccn1-c1ccc(Oc2ccc(NC(=O)Nc3ccccc3F)cc2)nn1. The van der Waals surface area contributed by atoms with E-state index in [2.05, 4.69) is 25.8 Å². The van der Waals surface area contributed by atoms with Crippen molar-refractivity contribution in [2.45, 2.75) is 6.92 Å². The second-order valence-corrected chi connectivity index (χ2v) is 6.26. The number of imidazole rings is 1. The van der Waals surface area contributed by atoms with Crippen LogP contribution in [0.25, 0.3) is 5.82 Å². The van der Waals surface area contributed by atoms with Gasteiger partial charge in [-0.1, -0.05) is 12.1 Å². The zero-order valence-corrected chi connectivity index (χ0v) is 15.9. The van der Waals surface area contributed by atoms with Crippen LogP contribution in [0.5, 0.6) is 11.6 Å². The number of aromatic nitrogens is 4. The van der Waals surface area contributed by atoms with Crippen molar-refractivity contribution >= 4 is 17.4 Å². The fraction of sp³-hybridized carbons (Fsp3) is 0.0476. The summed E-state index contributed by atoms with van der Waals surface area (Å²) >= 11 is 0. The molecule has 9 heteroatoms. The van der Waals surface area contributed by atoms with E-state index in [1.165, 1.54) is 12.1 Å². The number of carbonyl (C=O) groups is 1. The molecule has 150 valence electrons. The van der Waals surface area contributed by atoms with E-state index < -0.39 is 11.8 Å². The Kier molecular flexibility index (Phi) is 5.33. The molecule has 0 saturated carbocycles. The summed E-state index contributed by atoms with van der Waals surface area (Å²) in [7, 11) is 0. The van der Waals surface area contributed by atoms with Gasteiger partial charge in [-0.05, 0) is 49.4 Å². The van der Waals surface area contributed by atoms with Crippen LogP contribution < -0.4 is 15.4 Å². The molecule has 0 aliphatic rings. The van der Waals surface area contributed by atoms with Crippen LogP contribution in [0.4, 0.5) is 20.6 Å². The van der Waals surface area contributed by atoms with Crippen molar-refractivity contribution in [3.63, 3.8) is 0 Å². The molecule has 30 heavy (non-hydrogen) atoms. The van der Waals surface area contributed by atoms with Crippen molar-refractivity contribution in [3.05, 3.63) is 84.7 Å². The summed E-state index contributed by atoms with van der Waals surface area (Å²) in [6.07, 6.45) is 3.49. The van der Waals surface area contributed by atoms with Crippen molar-refractivity contribution in [1.29, 1.82) is 0 Å². The van der Waals surface area contributed by atoms with Crippen LogP contribution in [0.15, 0.2) is 73.1 Å². The standard InChI is InChI=1S/C21H17FN6O2/c1-14-23-12-13-28(14)19-10-11-20(27-26-19)30-16-8-6-15(7-9-16)24-21(29)25-18-5-3-2-4-17(18)22/h2-13H,1H3,(H2,24,25,29). The summed E-state index contributed by atoms with van der Waals surface area (Å²) < 4.78 is 21.1. The van der Waals surface area contributed by atoms with Gasteiger partial charge in [0.15, 0.2) is 5.82 Å². The zero-order chi connectivity index (χ0) is 20.9. The van der Waals surface area contributed by atoms with Gasteiger partial charge in [-0.2, -0.15) is 0 Å². The third-order valence-electron chi connectivity index (χ3n) is 4.16. The summed E-state index contributed by atoms with van der Waals surface area (Å²) in [6, 6.07) is 15.5. The van der Waals surface area contributed by atoms with Crippen LogP contribution in [0.3, 0.4) is 0 Å². The molecule has 0 spiro atoms. The molecule has 0 saturated heterocycles. The maximum Gasteiger partial charge on any atom is 0.323 e. The number of nitrogens with zero attached hydrogens (tertiary/aromatic N) is 4. The average molecular weight is 404 g/mol. The van der Waals surface area contributed by atoms with Crippen LogP contribution in [0.1, 0.15) is 5.82 Å². The van der Waals surface area contributed by atoms with E-state index in [0.29, 0.717) is 23.1 Å². The van der Waals surface area contributed by atoms with Gasteiger partial charge < -0.3 is 15.4 Å². The minimum absolute atomic E-state index is 0.0999. The molecule has 0 unspecified atom stereocenters. The summed E-state index contributed by atoms with van der Waals surface area (Å²) in [4.78, 5) is 16.2. The molecule has 0 fully saturated rings. The first kappa shape index (κ1) is 19.1. The number of aryl methyl sites for hydroxylation is 1. The molecule has 2 heterocycles. The first-order valence-electron chi connectivity index (χ1n) is 9.03. The topological polar surface area (TPSA) is 94.0 Å². The first-order chi connectivity index (χ1) is 14.6. The lowest BCUT2D eigenvalue weighted by atomic mass is 10.3. The molecule has 2 N–H and O–H groups in total. The molecule has 2 aromatic heterocycles. The highest BCUT2D eigenvalue weighted by Gasteiger charge is 2.08. The molecule has 4 aromatic rings. The average Bonchev–Trinajstić information content (AvgIpc) is 3.18. The highest BCUT2D eigenvalue weighted by molar-refractivity contribution is 5.99. The Labute approximate surface area is 171 Å². The number of anilines is 2. The Morgan fingerprint density at radius 3 is 2.47 bits per heavy atom. The van der Waals surface area contributed by atoms with Gasteiger partial charge in [0.2, 0.25) is 5.88 Å². The van der Waals surface area contributed by atoms with E-state index in [9.17, 15) is 9.18 Å². The molecule has 2 amide bonds. The Bertz CT molecular complexity index is 1160.